The number of halogens is 1. The Morgan fingerprint density at radius 3 is 3.06 bits per heavy atom. The fourth-order valence-electron chi connectivity index (χ4n) is 4.68. The molecule has 7 nitrogen and oxygen atoms in total. The third-order valence-electron chi connectivity index (χ3n) is 6.37. The number of nitrogens with zero attached hydrogens (tertiary/aromatic N) is 4. The summed E-state index contributed by atoms with van der Waals surface area (Å²) in [6.07, 6.45) is 5.08. The fourth-order valence-corrected chi connectivity index (χ4v) is 4.68. The standard InChI is InChI=1S/C25H21FN6O/c26-22-3-4-23-19(6-8-33-23)21(22)13-30-25-29-12-20(24-31-18(10-27)14-32(24)25)16-1-2-17-11-28-7-5-15(17)9-16/h1-4,9,12,14,28H,5-8,11,13H2,(H,29,30). The molecule has 33 heavy (non-hydrogen) atoms. The average molecular weight is 440 g/mol. The predicted molar refractivity (Wildman–Crippen MR) is 121 cm³/mol. The first-order chi connectivity index (χ1) is 16.2. The number of fused-ring (bicyclic) bond motifs is 3. The summed E-state index contributed by atoms with van der Waals surface area (Å²) in [6.45, 7) is 2.65. The maximum absolute atomic E-state index is 14.6. The van der Waals surface area contributed by atoms with Crippen LogP contribution in [0.15, 0.2) is 42.7 Å². The van der Waals surface area contributed by atoms with Gasteiger partial charge in [-0.1, -0.05) is 18.2 Å². The molecule has 0 aliphatic carbocycles. The van der Waals surface area contributed by atoms with Crippen molar-refractivity contribution in [3.05, 3.63) is 76.5 Å². The molecule has 2 aliphatic heterocycles. The quantitative estimate of drug-likeness (QED) is 0.504. The maximum atomic E-state index is 14.6. The molecule has 0 spiro atoms. The van der Waals surface area contributed by atoms with Crippen molar-refractivity contribution in [2.75, 3.05) is 18.5 Å². The van der Waals surface area contributed by atoms with Gasteiger partial charge >= 0.3 is 0 Å². The lowest BCUT2D eigenvalue weighted by atomic mass is 9.96. The smallest absolute Gasteiger partial charge is 0.208 e. The van der Waals surface area contributed by atoms with Crippen LogP contribution in [0.5, 0.6) is 5.75 Å². The van der Waals surface area contributed by atoms with Crippen LogP contribution in [0.2, 0.25) is 0 Å². The van der Waals surface area contributed by atoms with Gasteiger partial charge in [-0.05, 0) is 41.8 Å². The number of benzene rings is 2. The SMILES string of the molecule is N#Cc1cn2c(NCc3c(F)ccc4c3CCO4)ncc(-c3ccc4c(c3)CCNC4)c2n1. The van der Waals surface area contributed by atoms with E-state index in [1.54, 1.807) is 22.9 Å². The van der Waals surface area contributed by atoms with Crippen molar-refractivity contribution in [2.24, 2.45) is 0 Å². The summed E-state index contributed by atoms with van der Waals surface area (Å²) in [5.41, 5.74) is 6.89. The molecule has 2 aromatic carbocycles. The monoisotopic (exact) mass is 440 g/mol. The highest BCUT2D eigenvalue weighted by atomic mass is 19.1. The highest BCUT2D eigenvalue weighted by Crippen LogP contribution is 2.32. The summed E-state index contributed by atoms with van der Waals surface area (Å²) in [5, 5.41) is 16.1. The van der Waals surface area contributed by atoms with Crippen molar-refractivity contribution in [2.45, 2.75) is 25.9 Å². The van der Waals surface area contributed by atoms with Crippen molar-refractivity contribution in [1.29, 1.82) is 5.26 Å². The molecule has 8 heteroatoms. The fraction of sp³-hybridized carbons (Fsp3) is 0.240. The Hall–Kier alpha value is -3.96. The lowest BCUT2D eigenvalue weighted by molar-refractivity contribution is 0.356. The topological polar surface area (TPSA) is 87.3 Å². The van der Waals surface area contributed by atoms with Crippen LogP contribution in [0, 0.1) is 17.1 Å². The molecule has 0 unspecified atom stereocenters. The van der Waals surface area contributed by atoms with Crippen LogP contribution in [-0.2, 0) is 25.9 Å². The van der Waals surface area contributed by atoms with Crippen molar-refractivity contribution in [1.82, 2.24) is 19.7 Å². The van der Waals surface area contributed by atoms with E-state index in [4.69, 9.17) is 4.74 Å². The summed E-state index contributed by atoms with van der Waals surface area (Å²) >= 11 is 0. The Morgan fingerprint density at radius 2 is 2.15 bits per heavy atom. The highest BCUT2D eigenvalue weighted by molar-refractivity contribution is 5.79. The van der Waals surface area contributed by atoms with E-state index < -0.39 is 0 Å². The molecular formula is C25H21FN6O. The van der Waals surface area contributed by atoms with Gasteiger partial charge in [-0.25, -0.2) is 14.4 Å². The van der Waals surface area contributed by atoms with Gasteiger partial charge < -0.3 is 15.4 Å². The molecule has 0 fully saturated rings. The first-order valence-corrected chi connectivity index (χ1v) is 11.0. The number of ether oxygens (including phenoxy) is 1. The molecule has 0 saturated carbocycles. The molecule has 6 rings (SSSR count). The number of imidazole rings is 1. The minimum Gasteiger partial charge on any atom is -0.493 e. The molecule has 4 aromatic rings. The first-order valence-electron chi connectivity index (χ1n) is 11.0. The Balaban J connectivity index is 1.39. The number of nitrogens with one attached hydrogen (secondary N) is 2. The van der Waals surface area contributed by atoms with Crippen LogP contribution in [0.1, 0.15) is 27.9 Å². The zero-order valence-corrected chi connectivity index (χ0v) is 17.9. The molecular weight excluding hydrogens is 419 g/mol. The van der Waals surface area contributed by atoms with Crippen LogP contribution in [0.25, 0.3) is 16.8 Å². The second kappa shape index (κ2) is 7.87. The molecule has 4 heterocycles. The molecule has 0 bridgehead atoms. The number of rotatable bonds is 4. The van der Waals surface area contributed by atoms with E-state index in [1.807, 2.05) is 0 Å². The lowest BCUT2D eigenvalue weighted by Crippen LogP contribution is -2.23. The Labute approximate surface area is 189 Å². The van der Waals surface area contributed by atoms with Gasteiger partial charge in [0.05, 0.1) is 12.8 Å². The van der Waals surface area contributed by atoms with Gasteiger partial charge in [0.1, 0.15) is 17.6 Å². The molecule has 0 saturated heterocycles. The summed E-state index contributed by atoms with van der Waals surface area (Å²) in [4.78, 5) is 9.14. The van der Waals surface area contributed by atoms with Gasteiger partial charge in [-0.3, -0.25) is 4.40 Å². The van der Waals surface area contributed by atoms with E-state index in [0.717, 1.165) is 42.0 Å². The molecule has 2 N–H and O–H groups in total. The number of nitriles is 1. The van der Waals surface area contributed by atoms with E-state index >= 15 is 0 Å². The van der Waals surface area contributed by atoms with Gasteiger partial charge in [0.15, 0.2) is 11.3 Å². The lowest BCUT2D eigenvalue weighted by Gasteiger charge is -2.18. The van der Waals surface area contributed by atoms with Crippen LogP contribution >= 0.6 is 0 Å². The molecule has 0 amide bonds. The summed E-state index contributed by atoms with van der Waals surface area (Å²) < 4.78 is 21.9. The predicted octanol–water partition coefficient (Wildman–Crippen LogP) is 3.60. The van der Waals surface area contributed by atoms with Crippen LogP contribution in [0.4, 0.5) is 10.3 Å². The zero-order chi connectivity index (χ0) is 22.4. The first kappa shape index (κ1) is 19.7. The Bertz CT molecular complexity index is 1440. The van der Waals surface area contributed by atoms with Gasteiger partial charge in [-0.15, -0.1) is 0 Å². The van der Waals surface area contributed by atoms with Crippen LogP contribution in [-0.4, -0.2) is 27.5 Å². The van der Waals surface area contributed by atoms with Crippen molar-refractivity contribution in [3.63, 3.8) is 0 Å². The third kappa shape index (κ3) is 3.38. The van der Waals surface area contributed by atoms with Gasteiger partial charge in [0.25, 0.3) is 0 Å². The molecule has 2 aliphatic rings. The number of hydrogen-bond acceptors (Lipinski definition) is 6. The van der Waals surface area contributed by atoms with E-state index in [-0.39, 0.29) is 12.4 Å². The van der Waals surface area contributed by atoms with E-state index in [9.17, 15) is 9.65 Å². The molecule has 0 radical (unpaired) electrons. The van der Waals surface area contributed by atoms with Gasteiger partial charge in [-0.2, -0.15) is 5.26 Å². The number of anilines is 1. The minimum atomic E-state index is -0.272. The maximum Gasteiger partial charge on any atom is 0.208 e. The zero-order valence-electron chi connectivity index (χ0n) is 17.9. The number of hydrogen-bond donors (Lipinski definition) is 2. The molecule has 164 valence electrons. The highest BCUT2D eigenvalue weighted by Gasteiger charge is 2.20. The van der Waals surface area contributed by atoms with Crippen LogP contribution in [0.3, 0.4) is 0 Å². The van der Waals surface area contributed by atoms with E-state index in [2.05, 4.69) is 44.9 Å². The second-order valence-electron chi connectivity index (χ2n) is 8.29. The van der Waals surface area contributed by atoms with Gasteiger partial charge in [0, 0.05) is 42.4 Å². The largest absolute Gasteiger partial charge is 0.493 e. The van der Waals surface area contributed by atoms with E-state index in [1.165, 1.54) is 17.2 Å². The van der Waals surface area contributed by atoms with Crippen molar-refractivity contribution in [3.8, 4) is 22.9 Å². The summed E-state index contributed by atoms with van der Waals surface area (Å²) in [5.74, 6) is 0.964. The normalized spacial score (nSPS) is 14.4. The second-order valence-corrected chi connectivity index (χ2v) is 8.29. The van der Waals surface area contributed by atoms with Gasteiger partial charge in [0.2, 0.25) is 5.95 Å². The molecule has 0 atom stereocenters. The van der Waals surface area contributed by atoms with Crippen LogP contribution < -0.4 is 15.4 Å². The minimum absolute atomic E-state index is 0.256. The average Bonchev–Trinajstić information content (AvgIpc) is 3.50. The van der Waals surface area contributed by atoms with E-state index in [0.29, 0.717) is 35.9 Å². The molecule has 2 aromatic heterocycles. The van der Waals surface area contributed by atoms with Crippen molar-refractivity contribution < 1.29 is 9.13 Å². The Morgan fingerprint density at radius 1 is 1.21 bits per heavy atom. The summed E-state index contributed by atoms with van der Waals surface area (Å²) in [7, 11) is 0. The summed E-state index contributed by atoms with van der Waals surface area (Å²) in [6, 6.07) is 11.6. The number of aromatic nitrogens is 3. The van der Waals surface area contributed by atoms with Crippen molar-refractivity contribution >= 4 is 11.6 Å². The third-order valence-corrected chi connectivity index (χ3v) is 6.37. The Kier molecular flexibility index (Phi) is 4.70.